The van der Waals surface area contributed by atoms with Gasteiger partial charge in [-0.1, -0.05) is 0 Å². The quantitative estimate of drug-likeness (QED) is 0.555. The Hall–Kier alpha value is -2.84. The van der Waals surface area contributed by atoms with E-state index in [1.54, 1.807) is 18.9 Å². The molecular weight excluding hydrogens is 378 g/mol. The number of nitrogens with zero attached hydrogens (tertiary/aromatic N) is 2. The molecule has 1 aromatic heterocycles. The molecule has 0 saturated carbocycles. The van der Waals surface area contributed by atoms with E-state index in [0.717, 1.165) is 18.0 Å². The minimum absolute atomic E-state index is 0.209. The zero-order valence-corrected chi connectivity index (χ0v) is 17.0. The second-order valence-corrected chi connectivity index (χ2v) is 6.71. The summed E-state index contributed by atoms with van der Waals surface area (Å²) in [5.74, 6) is 2.77. The van der Waals surface area contributed by atoms with Crippen LogP contribution in [-0.4, -0.2) is 31.0 Å². The molecule has 3 aromatic rings. The summed E-state index contributed by atoms with van der Waals surface area (Å²) in [5.41, 5.74) is 1.20. The van der Waals surface area contributed by atoms with E-state index in [1.165, 1.54) is 10.5 Å². The SMILES string of the molecule is COc1ccc(C[NH+](C)Cn2nc(COc3ccc(OC)cc3)oc2=S)cc1. The van der Waals surface area contributed by atoms with E-state index >= 15 is 0 Å². The summed E-state index contributed by atoms with van der Waals surface area (Å²) >= 11 is 5.28. The Morgan fingerprint density at radius 3 is 2.14 bits per heavy atom. The fourth-order valence-corrected chi connectivity index (χ4v) is 2.93. The van der Waals surface area contributed by atoms with Crippen LogP contribution in [0.5, 0.6) is 17.2 Å². The molecule has 0 aliphatic rings. The molecule has 1 unspecified atom stereocenters. The number of ether oxygens (including phenoxy) is 3. The van der Waals surface area contributed by atoms with Crippen LogP contribution in [0, 0.1) is 4.84 Å². The van der Waals surface area contributed by atoms with Crippen molar-refractivity contribution in [2.45, 2.75) is 19.8 Å². The lowest BCUT2D eigenvalue weighted by Crippen LogP contribution is -3.07. The first-order valence-corrected chi connectivity index (χ1v) is 9.26. The Morgan fingerprint density at radius 2 is 1.54 bits per heavy atom. The standard InChI is InChI=1S/C20H23N3O4S/c1-22(12-15-4-6-16(24-2)7-5-15)14-23-20(28)27-19(21-23)13-26-18-10-8-17(25-3)9-11-18/h4-11H,12-14H2,1-3H3/p+1. The lowest BCUT2D eigenvalue weighted by Gasteiger charge is -2.13. The van der Waals surface area contributed by atoms with Crippen LogP contribution in [0.4, 0.5) is 0 Å². The third kappa shape index (κ3) is 5.34. The third-order valence-corrected chi connectivity index (χ3v) is 4.45. The Labute approximate surface area is 169 Å². The number of benzene rings is 2. The van der Waals surface area contributed by atoms with Crippen molar-refractivity contribution in [3.05, 3.63) is 64.8 Å². The van der Waals surface area contributed by atoms with Gasteiger partial charge in [-0.25, -0.2) is 0 Å². The number of hydrogen-bond donors (Lipinski definition) is 1. The highest BCUT2D eigenvalue weighted by molar-refractivity contribution is 7.71. The molecule has 148 valence electrons. The van der Waals surface area contributed by atoms with Crippen molar-refractivity contribution in [3.8, 4) is 17.2 Å². The second-order valence-electron chi connectivity index (χ2n) is 6.37. The van der Waals surface area contributed by atoms with Gasteiger partial charge in [-0.05, 0) is 60.7 Å². The molecule has 0 aliphatic carbocycles. The minimum Gasteiger partial charge on any atom is -0.497 e. The number of nitrogens with one attached hydrogen (secondary N) is 1. The smallest absolute Gasteiger partial charge is 0.291 e. The molecule has 0 aliphatic heterocycles. The lowest BCUT2D eigenvalue weighted by molar-refractivity contribution is -0.917. The molecule has 2 aromatic carbocycles. The predicted octanol–water partition coefficient (Wildman–Crippen LogP) is 2.47. The van der Waals surface area contributed by atoms with Crippen LogP contribution in [0.25, 0.3) is 0 Å². The monoisotopic (exact) mass is 402 g/mol. The molecule has 0 fully saturated rings. The Balaban J connectivity index is 1.55. The zero-order chi connectivity index (χ0) is 19.9. The van der Waals surface area contributed by atoms with Crippen molar-refractivity contribution in [1.29, 1.82) is 0 Å². The van der Waals surface area contributed by atoms with Crippen molar-refractivity contribution < 1.29 is 23.5 Å². The largest absolute Gasteiger partial charge is 0.497 e. The van der Waals surface area contributed by atoms with Crippen molar-refractivity contribution in [2.75, 3.05) is 21.3 Å². The van der Waals surface area contributed by atoms with E-state index in [-0.39, 0.29) is 6.61 Å². The van der Waals surface area contributed by atoms with Gasteiger partial charge in [0, 0.05) is 5.56 Å². The molecular formula is C20H24N3O4S+. The predicted molar refractivity (Wildman–Crippen MR) is 106 cm³/mol. The fourth-order valence-electron chi connectivity index (χ4n) is 2.73. The molecule has 0 radical (unpaired) electrons. The molecule has 0 amide bonds. The van der Waals surface area contributed by atoms with Crippen LogP contribution in [0.3, 0.4) is 0 Å². The van der Waals surface area contributed by atoms with Gasteiger partial charge in [0.15, 0.2) is 13.3 Å². The van der Waals surface area contributed by atoms with Gasteiger partial charge in [-0.3, -0.25) is 0 Å². The highest BCUT2D eigenvalue weighted by atomic mass is 32.1. The summed E-state index contributed by atoms with van der Waals surface area (Å²) in [5, 5.41) is 4.42. The maximum absolute atomic E-state index is 5.69. The maximum atomic E-state index is 5.69. The number of rotatable bonds is 9. The van der Waals surface area contributed by atoms with E-state index in [1.807, 2.05) is 36.4 Å². The Kier molecular flexibility index (Phi) is 6.67. The summed E-state index contributed by atoms with van der Waals surface area (Å²) in [6.45, 7) is 1.63. The van der Waals surface area contributed by atoms with Gasteiger partial charge >= 0.3 is 0 Å². The van der Waals surface area contributed by atoms with E-state index in [0.29, 0.717) is 23.1 Å². The molecule has 1 N–H and O–H groups in total. The summed E-state index contributed by atoms with van der Waals surface area (Å²) < 4.78 is 23.2. The van der Waals surface area contributed by atoms with Gasteiger partial charge in [0.2, 0.25) is 0 Å². The van der Waals surface area contributed by atoms with Gasteiger partial charge < -0.3 is 23.5 Å². The molecule has 0 spiro atoms. The van der Waals surface area contributed by atoms with Crippen LogP contribution in [0.1, 0.15) is 11.5 Å². The first-order valence-electron chi connectivity index (χ1n) is 8.85. The van der Waals surface area contributed by atoms with Crippen molar-refractivity contribution in [1.82, 2.24) is 9.78 Å². The first-order chi connectivity index (χ1) is 13.6. The molecule has 0 bridgehead atoms. The van der Waals surface area contributed by atoms with Gasteiger partial charge in [-0.15, -0.1) is 5.10 Å². The topological polar surface area (TPSA) is 63.1 Å². The van der Waals surface area contributed by atoms with Gasteiger partial charge in [0.1, 0.15) is 23.8 Å². The summed E-state index contributed by atoms with van der Waals surface area (Å²) in [6, 6.07) is 15.4. The Morgan fingerprint density at radius 1 is 0.964 bits per heavy atom. The number of quaternary nitrogens is 1. The van der Waals surface area contributed by atoms with E-state index in [9.17, 15) is 0 Å². The fraction of sp³-hybridized carbons (Fsp3) is 0.300. The first kappa shape index (κ1) is 19.9. The number of methoxy groups -OCH3 is 2. The van der Waals surface area contributed by atoms with Crippen LogP contribution in [-0.2, 0) is 19.8 Å². The molecule has 0 saturated heterocycles. The summed E-state index contributed by atoms with van der Waals surface area (Å²) in [4.78, 5) is 1.56. The van der Waals surface area contributed by atoms with Crippen LogP contribution >= 0.6 is 12.2 Å². The Bertz CT molecular complexity index is 935. The van der Waals surface area contributed by atoms with Crippen molar-refractivity contribution in [3.63, 3.8) is 0 Å². The highest BCUT2D eigenvalue weighted by Crippen LogP contribution is 2.18. The van der Waals surface area contributed by atoms with E-state index < -0.39 is 0 Å². The lowest BCUT2D eigenvalue weighted by atomic mass is 10.2. The minimum atomic E-state index is 0.209. The van der Waals surface area contributed by atoms with E-state index in [2.05, 4.69) is 24.3 Å². The molecule has 28 heavy (non-hydrogen) atoms. The number of hydrogen-bond acceptors (Lipinski definition) is 6. The van der Waals surface area contributed by atoms with Crippen LogP contribution < -0.4 is 19.1 Å². The molecule has 8 heteroatoms. The van der Waals surface area contributed by atoms with Crippen LogP contribution in [0.2, 0.25) is 0 Å². The zero-order valence-electron chi connectivity index (χ0n) is 16.2. The van der Waals surface area contributed by atoms with Crippen LogP contribution in [0.15, 0.2) is 52.9 Å². The number of aromatic nitrogens is 2. The average molecular weight is 402 g/mol. The molecule has 3 rings (SSSR count). The van der Waals surface area contributed by atoms with Gasteiger partial charge in [-0.2, -0.15) is 4.68 Å². The average Bonchev–Trinajstić information content (AvgIpc) is 3.06. The molecule has 1 atom stereocenters. The highest BCUT2D eigenvalue weighted by Gasteiger charge is 2.11. The van der Waals surface area contributed by atoms with Crippen molar-refractivity contribution in [2.24, 2.45) is 0 Å². The van der Waals surface area contributed by atoms with Gasteiger partial charge in [0.25, 0.3) is 10.7 Å². The van der Waals surface area contributed by atoms with Crippen molar-refractivity contribution >= 4 is 12.2 Å². The van der Waals surface area contributed by atoms with Gasteiger partial charge in [0.05, 0.1) is 21.3 Å². The third-order valence-electron chi connectivity index (χ3n) is 4.15. The summed E-state index contributed by atoms with van der Waals surface area (Å²) in [6.07, 6.45) is 0. The second kappa shape index (κ2) is 9.38. The summed E-state index contributed by atoms with van der Waals surface area (Å²) in [7, 11) is 5.36. The molecule has 1 heterocycles. The molecule has 7 nitrogen and oxygen atoms in total. The van der Waals surface area contributed by atoms with E-state index in [4.69, 9.17) is 30.8 Å². The maximum Gasteiger partial charge on any atom is 0.291 e. The normalized spacial score (nSPS) is 11.8.